The molecule has 4 rings (SSSR count). The van der Waals surface area contributed by atoms with Crippen LogP contribution in [0.1, 0.15) is 36.7 Å². The van der Waals surface area contributed by atoms with Gasteiger partial charge in [-0.1, -0.05) is 30.3 Å². The number of para-hydroxylation sites is 1. The molecule has 1 aliphatic rings. The van der Waals surface area contributed by atoms with E-state index in [0.29, 0.717) is 0 Å². The molecule has 0 amide bonds. The molecule has 1 aliphatic heterocycles. The van der Waals surface area contributed by atoms with Crippen molar-refractivity contribution in [1.82, 2.24) is 10.3 Å². The van der Waals surface area contributed by atoms with Crippen LogP contribution in [-0.4, -0.2) is 24.6 Å². The molecule has 0 aliphatic carbocycles. The van der Waals surface area contributed by atoms with E-state index >= 15 is 0 Å². The first-order valence-corrected chi connectivity index (χ1v) is 8.99. The van der Waals surface area contributed by atoms with Gasteiger partial charge in [0, 0.05) is 41.9 Å². The van der Waals surface area contributed by atoms with E-state index in [9.17, 15) is 0 Å². The van der Waals surface area contributed by atoms with Crippen LogP contribution in [-0.2, 0) is 6.42 Å². The van der Waals surface area contributed by atoms with Crippen LogP contribution in [0, 0.1) is 0 Å². The lowest BCUT2D eigenvalue weighted by molar-refractivity contribution is 0.560. The van der Waals surface area contributed by atoms with Crippen LogP contribution in [0.4, 0.5) is 5.69 Å². The second kappa shape index (κ2) is 6.33. The maximum Gasteiger partial charge on any atom is 0.0732 e. The number of rotatable bonds is 4. The summed E-state index contributed by atoms with van der Waals surface area (Å²) >= 11 is 0. The summed E-state index contributed by atoms with van der Waals surface area (Å²) in [7, 11) is 0. The van der Waals surface area contributed by atoms with Gasteiger partial charge in [0.05, 0.1) is 6.04 Å². The normalized spacial score (nSPS) is 17.0. The fraction of sp³-hybridized carbons (Fsp3) is 0.333. The maximum absolute atomic E-state index is 3.68. The molecular formula is C21H25N3. The average molecular weight is 319 g/mol. The van der Waals surface area contributed by atoms with E-state index in [1.165, 1.54) is 33.4 Å². The van der Waals surface area contributed by atoms with E-state index in [1.807, 2.05) is 0 Å². The number of fused-ring (bicyclic) bond motifs is 3. The van der Waals surface area contributed by atoms with E-state index in [0.717, 1.165) is 26.1 Å². The van der Waals surface area contributed by atoms with Crippen molar-refractivity contribution < 1.29 is 0 Å². The van der Waals surface area contributed by atoms with Crippen molar-refractivity contribution in [1.29, 1.82) is 0 Å². The van der Waals surface area contributed by atoms with Crippen LogP contribution in [0.2, 0.25) is 0 Å². The van der Waals surface area contributed by atoms with Crippen molar-refractivity contribution in [2.24, 2.45) is 0 Å². The minimum absolute atomic E-state index is 0.256. The molecule has 0 spiro atoms. The highest BCUT2D eigenvalue weighted by atomic mass is 15.1. The second-order valence-corrected chi connectivity index (χ2v) is 6.46. The lowest BCUT2D eigenvalue weighted by Gasteiger charge is -2.26. The highest BCUT2D eigenvalue weighted by Crippen LogP contribution is 2.33. The van der Waals surface area contributed by atoms with E-state index in [1.54, 1.807) is 0 Å². The quantitative estimate of drug-likeness (QED) is 0.753. The van der Waals surface area contributed by atoms with Gasteiger partial charge in [0.2, 0.25) is 0 Å². The third-order valence-corrected chi connectivity index (χ3v) is 5.21. The van der Waals surface area contributed by atoms with Gasteiger partial charge in [-0.3, -0.25) is 0 Å². The monoisotopic (exact) mass is 319 g/mol. The minimum Gasteiger partial charge on any atom is -0.372 e. The maximum atomic E-state index is 3.68. The Labute approximate surface area is 143 Å². The zero-order chi connectivity index (χ0) is 16.5. The molecule has 0 bridgehead atoms. The van der Waals surface area contributed by atoms with Gasteiger partial charge in [0.25, 0.3) is 0 Å². The molecule has 0 radical (unpaired) electrons. The van der Waals surface area contributed by atoms with Crippen LogP contribution in [0.15, 0.2) is 48.5 Å². The zero-order valence-corrected chi connectivity index (χ0v) is 14.5. The summed E-state index contributed by atoms with van der Waals surface area (Å²) in [5.41, 5.74) is 6.69. The Kier molecular flexibility index (Phi) is 4.03. The third kappa shape index (κ3) is 2.49. The largest absolute Gasteiger partial charge is 0.372 e. The SMILES string of the molecule is CCN(CC)c1ccc(C2NCCc3c2[nH]c2ccccc32)cc1. The van der Waals surface area contributed by atoms with Crippen molar-refractivity contribution in [3.05, 3.63) is 65.4 Å². The molecule has 24 heavy (non-hydrogen) atoms. The molecule has 1 unspecified atom stereocenters. The van der Waals surface area contributed by atoms with Crippen LogP contribution in [0.3, 0.4) is 0 Å². The van der Waals surface area contributed by atoms with Gasteiger partial charge in [0.1, 0.15) is 0 Å². The van der Waals surface area contributed by atoms with Crippen molar-refractivity contribution in [2.45, 2.75) is 26.3 Å². The molecule has 2 aromatic carbocycles. The Morgan fingerprint density at radius 2 is 1.75 bits per heavy atom. The van der Waals surface area contributed by atoms with E-state index in [-0.39, 0.29) is 6.04 Å². The molecule has 0 saturated heterocycles. The van der Waals surface area contributed by atoms with Gasteiger partial charge in [0.15, 0.2) is 0 Å². The second-order valence-electron chi connectivity index (χ2n) is 6.46. The Bertz CT molecular complexity index is 828. The fourth-order valence-corrected chi connectivity index (χ4v) is 3.93. The van der Waals surface area contributed by atoms with Crippen molar-refractivity contribution in [2.75, 3.05) is 24.5 Å². The molecule has 2 heterocycles. The van der Waals surface area contributed by atoms with Crippen LogP contribution in [0.5, 0.6) is 0 Å². The number of H-pyrrole nitrogens is 1. The third-order valence-electron chi connectivity index (χ3n) is 5.21. The van der Waals surface area contributed by atoms with Gasteiger partial charge in [-0.2, -0.15) is 0 Å². The molecule has 3 aromatic rings. The molecule has 3 heteroatoms. The number of aromatic amines is 1. The van der Waals surface area contributed by atoms with Crippen LogP contribution < -0.4 is 10.2 Å². The van der Waals surface area contributed by atoms with E-state index in [4.69, 9.17) is 0 Å². The summed E-state index contributed by atoms with van der Waals surface area (Å²) in [6.07, 6.45) is 1.09. The standard InChI is InChI=1S/C21H25N3/c1-3-24(4-2)16-11-9-15(10-12-16)20-21-18(13-14-22-20)17-7-5-6-8-19(17)23-21/h5-12,20,22-23H,3-4,13-14H2,1-2H3. The van der Waals surface area contributed by atoms with Gasteiger partial charge >= 0.3 is 0 Å². The summed E-state index contributed by atoms with van der Waals surface area (Å²) in [5, 5.41) is 5.06. The predicted octanol–water partition coefficient (Wildman–Crippen LogP) is 4.25. The molecule has 1 aromatic heterocycles. The lowest BCUT2D eigenvalue weighted by Crippen LogP contribution is -2.30. The first-order valence-electron chi connectivity index (χ1n) is 8.99. The molecule has 124 valence electrons. The fourth-order valence-electron chi connectivity index (χ4n) is 3.93. The molecule has 0 fully saturated rings. The summed E-state index contributed by atoms with van der Waals surface area (Å²) in [6.45, 7) is 7.53. The Morgan fingerprint density at radius 3 is 2.50 bits per heavy atom. The van der Waals surface area contributed by atoms with Gasteiger partial charge in [-0.15, -0.1) is 0 Å². The van der Waals surface area contributed by atoms with Crippen molar-refractivity contribution in [3.8, 4) is 0 Å². The molecular weight excluding hydrogens is 294 g/mol. The lowest BCUT2D eigenvalue weighted by atomic mass is 9.94. The topological polar surface area (TPSA) is 31.1 Å². The first kappa shape index (κ1) is 15.3. The number of nitrogens with zero attached hydrogens (tertiary/aromatic N) is 1. The Morgan fingerprint density at radius 1 is 1.00 bits per heavy atom. The molecule has 0 saturated carbocycles. The van der Waals surface area contributed by atoms with Crippen LogP contribution in [0.25, 0.3) is 10.9 Å². The van der Waals surface area contributed by atoms with Crippen molar-refractivity contribution >= 4 is 16.6 Å². The molecule has 3 nitrogen and oxygen atoms in total. The van der Waals surface area contributed by atoms with Gasteiger partial charge < -0.3 is 15.2 Å². The number of hydrogen-bond acceptors (Lipinski definition) is 2. The Hall–Kier alpha value is -2.26. The molecule has 2 N–H and O–H groups in total. The smallest absolute Gasteiger partial charge is 0.0732 e. The van der Waals surface area contributed by atoms with Crippen LogP contribution >= 0.6 is 0 Å². The Balaban J connectivity index is 1.71. The summed E-state index contributed by atoms with van der Waals surface area (Å²) < 4.78 is 0. The highest BCUT2D eigenvalue weighted by Gasteiger charge is 2.24. The number of aromatic nitrogens is 1. The molecule has 1 atom stereocenters. The first-order chi connectivity index (χ1) is 11.8. The number of hydrogen-bond donors (Lipinski definition) is 2. The number of nitrogens with one attached hydrogen (secondary N) is 2. The van der Waals surface area contributed by atoms with Crippen molar-refractivity contribution in [3.63, 3.8) is 0 Å². The van der Waals surface area contributed by atoms with E-state index < -0.39 is 0 Å². The zero-order valence-electron chi connectivity index (χ0n) is 14.5. The summed E-state index contributed by atoms with van der Waals surface area (Å²) in [4.78, 5) is 6.03. The van der Waals surface area contributed by atoms with Gasteiger partial charge in [-0.05, 0) is 49.6 Å². The average Bonchev–Trinajstić information content (AvgIpc) is 3.02. The number of anilines is 1. The highest BCUT2D eigenvalue weighted by molar-refractivity contribution is 5.85. The predicted molar refractivity (Wildman–Crippen MR) is 102 cm³/mol. The minimum atomic E-state index is 0.256. The summed E-state index contributed by atoms with van der Waals surface area (Å²) in [6, 6.07) is 17.9. The number of benzene rings is 2. The summed E-state index contributed by atoms with van der Waals surface area (Å²) in [5.74, 6) is 0. The van der Waals surface area contributed by atoms with E-state index in [2.05, 4.69) is 77.6 Å². The van der Waals surface area contributed by atoms with Gasteiger partial charge in [-0.25, -0.2) is 0 Å².